The molecule has 0 saturated carbocycles. The van der Waals surface area contributed by atoms with Crippen molar-refractivity contribution < 1.29 is 13.9 Å². The van der Waals surface area contributed by atoms with E-state index in [0.29, 0.717) is 28.1 Å². The zero-order valence-corrected chi connectivity index (χ0v) is 19.0. The topological polar surface area (TPSA) is 82.2 Å². The van der Waals surface area contributed by atoms with Gasteiger partial charge in [0.2, 0.25) is 5.95 Å². The lowest BCUT2D eigenvalue weighted by atomic mass is 10.2. The normalized spacial score (nSPS) is 10.8. The molecule has 0 bridgehead atoms. The molecular weight excluding hydrogens is 507 g/mol. The third-order valence-corrected chi connectivity index (χ3v) is 5.36. The van der Waals surface area contributed by atoms with E-state index >= 15 is 0 Å². The van der Waals surface area contributed by atoms with Gasteiger partial charge in [0.05, 0.1) is 11.6 Å². The minimum atomic E-state index is -0.469. The first-order valence-corrected chi connectivity index (χ1v) is 10.6. The van der Waals surface area contributed by atoms with Crippen molar-refractivity contribution in [2.75, 3.05) is 5.32 Å². The number of furan rings is 1. The van der Waals surface area contributed by atoms with Gasteiger partial charge in [-0.25, -0.2) is 9.67 Å². The van der Waals surface area contributed by atoms with Crippen LogP contribution in [0.4, 0.5) is 5.95 Å². The average Bonchev–Trinajstić information content (AvgIpc) is 3.39. The van der Waals surface area contributed by atoms with E-state index in [1.807, 2.05) is 24.3 Å². The van der Waals surface area contributed by atoms with Gasteiger partial charge < -0.3 is 9.15 Å². The van der Waals surface area contributed by atoms with Crippen molar-refractivity contribution in [3.8, 4) is 5.75 Å². The molecule has 10 heteroatoms. The highest BCUT2D eigenvalue weighted by Gasteiger charge is 2.15. The molecule has 7 nitrogen and oxygen atoms in total. The van der Waals surface area contributed by atoms with E-state index in [1.165, 1.54) is 6.33 Å². The minimum absolute atomic E-state index is 0.114. The third kappa shape index (κ3) is 5.46. The van der Waals surface area contributed by atoms with Crippen LogP contribution < -0.4 is 10.1 Å². The maximum Gasteiger partial charge on any atom is 0.293 e. The molecule has 2 aromatic carbocycles. The highest BCUT2D eigenvalue weighted by atomic mass is 79.9. The van der Waals surface area contributed by atoms with Crippen molar-refractivity contribution in [1.29, 1.82) is 0 Å². The van der Waals surface area contributed by atoms with Crippen molar-refractivity contribution >= 4 is 51.0 Å². The summed E-state index contributed by atoms with van der Waals surface area (Å²) < 4.78 is 13.6. The number of carbonyl (C=O) groups is 1. The number of benzene rings is 2. The van der Waals surface area contributed by atoms with Gasteiger partial charge in [0.15, 0.2) is 5.76 Å². The van der Waals surface area contributed by atoms with Crippen LogP contribution in [0.3, 0.4) is 0 Å². The van der Waals surface area contributed by atoms with Crippen molar-refractivity contribution in [3.63, 3.8) is 0 Å². The zero-order chi connectivity index (χ0) is 21.8. The van der Waals surface area contributed by atoms with Gasteiger partial charge in [0.25, 0.3) is 5.91 Å². The molecule has 0 aliphatic carbocycles. The van der Waals surface area contributed by atoms with Gasteiger partial charge >= 0.3 is 0 Å². The van der Waals surface area contributed by atoms with Crippen LogP contribution in [0.25, 0.3) is 0 Å². The van der Waals surface area contributed by atoms with Crippen molar-refractivity contribution in [1.82, 2.24) is 14.8 Å². The molecule has 1 amide bonds. The van der Waals surface area contributed by atoms with Crippen molar-refractivity contribution in [2.24, 2.45) is 0 Å². The monoisotopic (exact) mass is 520 g/mol. The summed E-state index contributed by atoms with van der Waals surface area (Å²) in [5, 5.41) is 7.95. The maximum absolute atomic E-state index is 12.4. The molecule has 2 heterocycles. The minimum Gasteiger partial charge on any atom is -0.484 e. The lowest BCUT2D eigenvalue weighted by Gasteiger charge is -2.06. The lowest BCUT2D eigenvalue weighted by Crippen LogP contribution is -2.12. The largest absolute Gasteiger partial charge is 0.484 e. The van der Waals surface area contributed by atoms with Crippen molar-refractivity contribution in [2.45, 2.75) is 13.2 Å². The summed E-state index contributed by atoms with van der Waals surface area (Å²) in [5.74, 6) is 0.793. The predicted octanol–water partition coefficient (Wildman–Crippen LogP) is 5.82. The van der Waals surface area contributed by atoms with Gasteiger partial charge in [0.1, 0.15) is 24.4 Å². The SMILES string of the molecule is O=C(Nc1ncn(Cc2ccccc2Cl)n1)c1ccc(COc2ccc(Br)cc2Cl)o1. The van der Waals surface area contributed by atoms with E-state index < -0.39 is 5.91 Å². The number of anilines is 1. The Morgan fingerprint density at radius 3 is 2.77 bits per heavy atom. The molecule has 0 atom stereocenters. The van der Waals surface area contributed by atoms with Crippen LogP contribution in [0.2, 0.25) is 10.0 Å². The fourth-order valence-electron chi connectivity index (χ4n) is 2.71. The highest BCUT2D eigenvalue weighted by molar-refractivity contribution is 9.10. The molecule has 0 saturated heterocycles. The molecule has 0 radical (unpaired) electrons. The number of ether oxygens (including phenoxy) is 1. The molecule has 158 valence electrons. The Kier molecular flexibility index (Phi) is 6.60. The molecular formula is C21H15BrCl2N4O3. The zero-order valence-electron chi connectivity index (χ0n) is 15.9. The van der Waals surface area contributed by atoms with Gasteiger partial charge in [-0.3, -0.25) is 10.1 Å². The van der Waals surface area contributed by atoms with Crippen LogP contribution in [-0.4, -0.2) is 20.7 Å². The summed E-state index contributed by atoms with van der Waals surface area (Å²) in [6.45, 7) is 0.558. The number of halogens is 3. The van der Waals surface area contributed by atoms with Gasteiger partial charge in [-0.05, 0) is 42.0 Å². The second-order valence-corrected chi connectivity index (χ2v) is 8.17. The third-order valence-electron chi connectivity index (χ3n) is 4.20. The first kappa shape index (κ1) is 21.4. The van der Waals surface area contributed by atoms with E-state index in [0.717, 1.165) is 10.0 Å². The van der Waals surface area contributed by atoms with Crippen LogP contribution in [0.15, 0.2) is 69.8 Å². The van der Waals surface area contributed by atoms with Crippen LogP contribution in [0, 0.1) is 0 Å². The maximum atomic E-state index is 12.4. The Labute approximate surface area is 196 Å². The van der Waals surface area contributed by atoms with Crippen LogP contribution in [0.1, 0.15) is 21.9 Å². The van der Waals surface area contributed by atoms with Gasteiger partial charge in [-0.1, -0.05) is 57.3 Å². The molecule has 0 aliphatic rings. The van der Waals surface area contributed by atoms with Crippen LogP contribution >= 0.6 is 39.1 Å². The first-order chi connectivity index (χ1) is 15.0. The molecule has 31 heavy (non-hydrogen) atoms. The average molecular weight is 522 g/mol. The summed E-state index contributed by atoms with van der Waals surface area (Å²) >= 11 is 15.6. The summed E-state index contributed by atoms with van der Waals surface area (Å²) in [5.41, 5.74) is 0.897. The lowest BCUT2D eigenvalue weighted by molar-refractivity contribution is 0.0991. The Hall–Kier alpha value is -2.81. The van der Waals surface area contributed by atoms with Gasteiger partial charge in [-0.2, -0.15) is 0 Å². The number of carbonyl (C=O) groups excluding carboxylic acids is 1. The molecule has 0 aliphatic heterocycles. The molecule has 0 unspecified atom stereocenters. The van der Waals surface area contributed by atoms with E-state index in [4.69, 9.17) is 32.4 Å². The number of hydrogen-bond donors (Lipinski definition) is 1. The first-order valence-electron chi connectivity index (χ1n) is 9.09. The van der Waals surface area contributed by atoms with Gasteiger partial charge in [-0.15, -0.1) is 5.10 Å². The van der Waals surface area contributed by atoms with Crippen molar-refractivity contribution in [3.05, 3.63) is 92.5 Å². The predicted molar refractivity (Wildman–Crippen MR) is 121 cm³/mol. The summed E-state index contributed by atoms with van der Waals surface area (Å²) in [4.78, 5) is 16.5. The molecule has 4 aromatic rings. The second kappa shape index (κ2) is 9.55. The van der Waals surface area contributed by atoms with Crippen LogP contribution in [-0.2, 0) is 13.2 Å². The molecule has 0 fully saturated rings. The Balaban J connectivity index is 1.35. The molecule has 1 N–H and O–H groups in total. The molecule has 4 rings (SSSR count). The van der Waals surface area contributed by atoms with E-state index in [2.05, 4.69) is 31.3 Å². The quantitative estimate of drug-likeness (QED) is 0.331. The summed E-state index contributed by atoms with van der Waals surface area (Å²) in [7, 11) is 0. The number of aromatic nitrogens is 3. The number of nitrogens with one attached hydrogen (secondary N) is 1. The Morgan fingerprint density at radius 1 is 1.13 bits per heavy atom. The fraction of sp³-hybridized carbons (Fsp3) is 0.0952. The second-order valence-electron chi connectivity index (χ2n) is 6.44. The Morgan fingerprint density at radius 2 is 1.97 bits per heavy atom. The van der Waals surface area contributed by atoms with E-state index in [9.17, 15) is 4.79 Å². The highest BCUT2D eigenvalue weighted by Crippen LogP contribution is 2.28. The molecule has 0 spiro atoms. The number of amides is 1. The van der Waals surface area contributed by atoms with Gasteiger partial charge in [0, 0.05) is 9.50 Å². The Bertz CT molecular complexity index is 1220. The van der Waals surface area contributed by atoms with E-state index in [-0.39, 0.29) is 18.3 Å². The fourth-order valence-corrected chi connectivity index (χ4v) is 3.63. The number of nitrogens with zero attached hydrogens (tertiary/aromatic N) is 3. The standard InChI is InChI=1S/C21H15BrCl2N4O3/c22-14-5-7-18(17(24)9-14)30-11-15-6-8-19(31-15)20(29)26-21-25-12-28(27-21)10-13-3-1-2-4-16(13)23/h1-9,12H,10-11H2,(H,26,27,29). The smallest absolute Gasteiger partial charge is 0.293 e. The molecule has 2 aromatic heterocycles. The number of hydrogen-bond acceptors (Lipinski definition) is 5. The van der Waals surface area contributed by atoms with Crippen LogP contribution in [0.5, 0.6) is 5.75 Å². The summed E-state index contributed by atoms with van der Waals surface area (Å²) in [6, 6.07) is 16.0. The van der Waals surface area contributed by atoms with E-state index in [1.54, 1.807) is 35.0 Å². The summed E-state index contributed by atoms with van der Waals surface area (Å²) in [6.07, 6.45) is 1.52. The number of rotatable bonds is 7.